The smallest absolute Gasteiger partial charge is 0.146 e. The normalized spacial score (nSPS) is 12.2. The van der Waals surface area contributed by atoms with Gasteiger partial charge in [0.05, 0.1) is 18.0 Å². The van der Waals surface area contributed by atoms with Crippen molar-refractivity contribution in [3.05, 3.63) is 82.8 Å². The zero-order valence-corrected chi connectivity index (χ0v) is 17.9. The van der Waals surface area contributed by atoms with Gasteiger partial charge in [0.1, 0.15) is 18.2 Å². The zero-order chi connectivity index (χ0) is 21.5. The van der Waals surface area contributed by atoms with Gasteiger partial charge in [-0.2, -0.15) is 0 Å². The Labute approximate surface area is 181 Å². The van der Waals surface area contributed by atoms with Crippen LogP contribution in [-0.4, -0.2) is 22.7 Å². The lowest BCUT2D eigenvalue weighted by Gasteiger charge is -2.20. The van der Waals surface area contributed by atoms with Gasteiger partial charge < -0.3 is 15.2 Å². The number of halogens is 2. The quantitative estimate of drug-likeness (QED) is 0.490. The van der Waals surface area contributed by atoms with Gasteiger partial charge in [0.25, 0.3) is 0 Å². The molecule has 3 aromatic rings. The number of hydrogen-bond donors (Lipinski definition) is 2. The molecule has 0 saturated heterocycles. The molecule has 1 atom stereocenters. The molecule has 0 radical (unpaired) electrons. The molecule has 0 bridgehead atoms. The summed E-state index contributed by atoms with van der Waals surface area (Å²) in [6, 6.07) is 18.0. The van der Waals surface area contributed by atoms with Gasteiger partial charge in [-0.3, -0.25) is 0 Å². The molecule has 30 heavy (non-hydrogen) atoms. The molecule has 4 nitrogen and oxygen atoms in total. The fourth-order valence-corrected chi connectivity index (χ4v) is 3.24. The van der Waals surface area contributed by atoms with Crippen molar-refractivity contribution in [3.63, 3.8) is 0 Å². The Hall–Kier alpha value is -2.47. The predicted octanol–water partition coefficient (Wildman–Crippen LogP) is 5.23. The lowest BCUT2D eigenvalue weighted by molar-refractivity contribution is 0.209. The van der Waals surface area contributed by atoms with Crippen LogP contribution in [-0.2, 0) is 13.2 Å². The minimum Gasteiger partial charge on any atom is -0.489 e. The van der Waals surface area contributed by atoms with Crippen molar-refractivity contribution in [2.75, 3.05) is 6.61 Å². The highest BCUT2D eigenvalue weighted by Gasteiger charge is 2.14. The summed E-state index contributed by atoms with van der Waals surface area (Å²) < 4.78 is 20.0. The van der Waals surface area contributed by atoms with Gasteiger partial charge in [-0.1, -0.05) is 37.6 Å². The maximum Gasteiger partial charge on any atom is 0.146 e. The maximum absolute atomic E-state index is 14.2. The van der Waals surface area contributed by atoms with Crippen LogP contribution in [0.25, 0.3) is 11.3 Å². The highest BCUT2D eigenvalue weighted by atomic mass is 35.5. The predicted molar refractivity (Wildman–Crippen MR) is 118 cm³/mol. The maximum atomic E-state index is 14.2. The van der Waals surface area contributed by atoms with E-state index in [1.807, 2.05) is 62.4 Å². The summed E-state index contributed by atoms with van der Waals surface area (Å²) >= 11 is 6.00. The van der Waals surface area contributed by atoms with E-state index in [1.165, 1.54) is 6.07 Å². The van der Waals surface area contributed by atoms with Gasteiger partial charge in [-0.05, 0) is 60.0 Å². The number of aliphatic hydroxyl groups excluding tert-OH is 1. The highest BCUT2D eigenvalue weighted by molar-refractivity contribution is 6.30. The van der Waals surface area contributed by atoms with E-state index in [0.29, 0.717) is 23.0 Å². The number of pyridine rings is 1. The fourth-order valence-electron chi connectivity index (χ4n) is 3.02. The number of hydrogen-bond acceptors (Lipinski definition) is 4. The molecule has 0 unspecified atom stereocenters. The van der Waals surface area contributed by atoms with Crippen LogP contribution in [0.5, 0.6) is 5.75 Å². The van der Waals surface area contributed by atoms with E-state index in [0.717, 1.165) is 16.9 Å². The summed E-state index contributed by atoms with van der Waals surface area (Å²) in [6.07, 6.45) is 0. The van der Waals surface area contributed by atoms with Crippen LogP contribution < -0.4 is 10.1 Å². The van der Waals surface area contributed by atoms with E-state index >= 15 is 0 Å². The Morgan fingerprint density at radius 1 is 1.10 bits per heavy atom. The number of aromatic nitrogens is 1. The van der Waals surface area contributed by atoms with Crippen LogP contribution in [0.4, 0.5) is 4.39 Å². The van der Waals surface area contributed by atoms with Crippen molar-refractivity contribution in [3.8, 4) is 17.0 Å². The average Bonchev–Trinajstić information content (AvgIpc) is 2.74. The van der Waals surface area contributed by atoms with Crippen molar-refractivity contribution < 1.29 is 14.2 Å². The Morgan fingerprint density at radius 3 is 2.53 bits per heavy atom. The van der Waals surface area contributed by atoms with Crippen LogP contribution in [0, 0.1) is 11.7 Å². The van der Waals surface area contributed by atoms with Crippen molar-refractivity contribution >= 4 is 11.6 Å². The van der Waals surface area contributed by atoms with Gasteiger partial charge >= 0.3 is 0 Å². The first-order valence-electron chi connectivity index (χ1n) is 9.93. The van der Waals surface area contributed by atoms with Gasteiger partial charge in [0.15, 0.2) is 0 Å². The second-order valence-corrected chi connectivity index (χ2v) is 7.92. The molecule has 0 aliphatic carbocycles. The van der Waals surface area contributed by atoms with Crippen LogP contribution in [0.3, 0.4) is 0 Å². The molecule has 0 aliphatic heterocycles. The standard InChI is InChI=1S/C24H26ClFN2O2/c1-16(2)24(14-29)27-13-23-21(26)10-11-22(28-23)18-6-8-20(9-7-18)30-15-17-4-3-5-19(25)12-17/h3-12,16,24,27,29H,13-15H2,1-2H3/t24-/m0/s1. The SMILES string of the molecule is CC(C)[C@H](CO)NCc1nc(-c2ccc(OCc3cccc(Cl)c3)cc2)ccc1F. The van der Waals surface area contributed by atoms with Gasteiger partial charge in [0, 0.05) is 23.2 Å². The molecule has 0 aliphatic rings. The molecule has 0 saturated carbocycles. The Kier molecular flexibility index (Phi) is 7.80. The first kappa shape index (κ1) is 22.2. The molecule has 1 aromatic heterocycles. The van der Waals surface area contributed by atoms with E-state index in [1.54, 1.807) is 6.07 Å². The topological polar surface area (TPSA) is 54.4 Å². The summed E-state index contributed by atoms with van der Waals surface area (Å²) in [5, 5.41) is 13.3. The molecular formula is C24H26ClFN2O2. The first-order valence-corrected chi connectivity index (χ1v) is 10.3. The number of nitrogens with zero attached hydrogens (tertiary/aromatic N) is 1. The van der Waals surface area contributed by atoms with Crippen LogP contribution in [0.15, 0.2) is 60.7 Å². The Bertz CT molecular complexity index is 964. The lowest BCUT2D eigenvalue weighted by Crippen LogP contribution is -2.36. The van der Waals surface area contributed by atoms with Crippen LogP contribution >= 0.6 is 11.6 Å². The number of nitrogens with one attached hydrogen (secondary N) is 1. The number of benzene rings is 2. The minimum absolute atomic E-state index is 0.00434. The van der Waals surface area contributed by atoms with Gasteiger partial charge in [-0.15, -0.1) is 0 Å². The molecule has 158 valence electrons. The number of ether oxygens (including phenoxy) is 1. The first-order chi connectivity index (χ1) is 14.5. The fraction of sp³-hybridized carbons (Fsp3) is 0.292. The second kappa shape index (κ2) is 10.5. The van der Waals surface area contributed by atoms with E-state index in [4.69, 9.17) is 16.3 Å². The van der Waals surface area contributed by atoms with E-state index in [-0.39, 0.29) is 30.9 Å². The largest absolute Gasteiger partial charge is 0.489 e. The Balaban J connectivity index is 1.67. The summed E-state index contributed by atoms with van der Waals surface area (Å²) in [4.78, 5) is 4.47. The minimum atomic E-state index is -0.367. The van der Waals surface area contributed by atoms with Crippen molar-refractivity contribution in [2.24, 2.45) is 5.92 Å². The lowest BCUT2D eigenvalue weighted by atomic mass is 10.1. The third kappa shape index (κ3) is 6.02. The summed E-state index contributed by atoms with van der Waals surface area (Å²) in [6.45, 7) is 4.68. The Morgan fingerprint density at radius 2 is 1.87 bits per heavy atom. The monoisotopic (exact) mass is 428 g/mol. The molecule has 2 aromatic carbocycles. The molecule has 6 heteroatoms. The molecule has 0 amide bonds. The average molecular weight is 429 g/mol. The molecular weight excluding hydrogens is 403 g/mol. The van der Waals surface area contributed by atoms with Gasteiger partial charge in [0.2, 0.25) is 0 Å². The molecule has 1 heterocycles. The summed E-state index contributed by atoms with van der Waals surface area (Å²) in [5.74, 6) is 0.597. The van der Waals surface area contributed by atoms with Crippen molar-refractivity contribution in [1.29, 1.82) is 0 Å². The van der Waals surface area contributed by atoms with Crippen LogP contribution in [0.2, 0.25) is 5.02 Å². The van der Waals surface area contributed by atoms with E-state index in [2.05, 4.69) is 10.3 Å². The zero-order valence-electron chi connectivity index (χ0n) is 17.1. The van der Waals surface area contributed by atoms with Crippen molar-refractivity contribution in [2.45, 2.75) is 33.0 Å². The number of rotatable bonds is 9. The van der Waals surface area contributed by atoms with E-state index in [9.17, 15) is 9.50 Å². The van der Waals surface area contributed by atoms with Gasteiger partial charge in [-0.25, -0.2) is 9.37 Å². The summed E-state index contributed by atoms with van der Waals surface area (Å²) in [5.41, 5.74) is 2.87. The second-order valence-electron chi connectivity index (χ2n) is 7.48. The number of aliphatic hydroxyl groups is 1. The third-order valence-corrected chi connectivity index (χ3v) is 5.13. The van der Waals surface area contributed by atoms with Crippen LogP contribution in [0.1, 0.15) is 25.1 Å². The highest BCUT2D eigenvalue weighted by Crippen LogP contribution is 2.23. The third-order valence-electron chi connectivity index (χ3n) is 4.90. The molecule has 0 spiro atoms. The molecule has 2 N–H and O–H groups in total. The van der Waals surface area contributed by atoms with E-state index < -0.39 is 0 Å². The molecule has 0 fully saturated rings. The van der Waals surface area contributed by atoms with Crippen molar-refractivity contribution in [1.82, 2.24) is 10.3 Å². The molecule has 3 rings (SSSR count). The summed E-state index contributed by atoms with van der Waals surface area (Å²) in [7, 11) is 0.